The highest BCUT2D eigenvalue weighted by Crippen LogP contribution is 2.46. The number of rotatable bonds is 3. The van der Waals surface area contributed by atoms with E-state index in [1.54, 1.807) is 17.3 Å². The number of carbonyl (C=O) groups excluding carboxylic acids is 1. The first-order chi connectivity index (χ1) is 14.9. The van der Waals surface area contributed by atoms with Gasteiger partial charge in [0.1, 0.15) is 5.82 Å². The lowest BCUT2D eigenvalue weighted by Gasteiger charge is -2.20. The minimum Gasteiger partial charge on any atom is -0.344 e. The molecule has 1 amide bonds. The third-order valence-electron chi connectivity index (χ3n) is 5.95. The van der Waals surface area contributed by atoms with Gasteiger partial charge in [0.15, 0.2) is 0 Å². The lowest BCUT2D eigenvalue weighted by atomic mass is 9.86. The standard InChI is InChI=1S/C25H23N5O/c1-15-12-26-10-9-19(15)23-28-14-21(29-23)17-6-8-20-22(11-17)30(24(31)25(20,3)4)18-7-5-16(2)27-13-18/h5-14H,1-4H3,(H,28,29). The fourth-order valence-electron chi connectivity index (χ4n) is 4.10. The number of pyridine rings is 2. The summed E-state index contributed by atoms with van der Waals surface area (Å²) in [5.41, 5.74) is 6.81. The van der Waals surface area contributed by atoms with Gasteiger partial charge >= 0.3 is 0 Å². The molecule has 0 unspecified atom stereocenters. The smallest absolute Gasteiger partial charge is 0.241 e. The van der Waals surface area contributed by atoms with Crippen molar-refractivity contribution in [3.63, 3.8) is 0 Å². The van der Waals surface area contributed by atoms with Gasteiger partial charge < -0.3 is 4.98 Å². The molecule has 0 atom stereocenters. The van der Waals surface area contributed by atoms with Gasteiger partial charge in [0.25, 0.3) is 0 Å². The number of imidazole rings is 1. The van der Waals surface area contributed by atoms with Crippen molar-refractivity contribution in [1.82, 2.24) is 19.9 Å². The number of aryl methyl sites for hydroxylation is 2. The molecule has 0 radical (unpaired) electrons. The fraction of sp³-hybridized carbons (Fsp3) is 0.200. The maximum Gasteiger partial charge on any atom is 0.241 e. The molecule has 0 saturated carbocycles. The van der Waals surface area contributed by atoms with Crippen LogP contribution >= 0.6 is 0 Å². The minimum atomic E-state index is -0.608. The van der Waals surface area contributed by atoms with Crippen LogP contribution in [-0.4, -0.2) is 25.8 Å². The van der Waals surface area contributed by atoms with Crippen molar-refractivity contribution in [2.24, 2.45) is 0 Å². The van der Waals surface area contributed by atoms with Gasteiger partial charge in [-0.25, -0.2) is 4.98 Å². The largest absolute Gasteiger partial charge is 0.344 e. The van der Waals surface area contributed by atoms with Crippen LogP contribution in [0.3, 0.4) is 0 Å². The first kappa shape index (κ1) is 19.2. The molecule has 1 aromatic carbocycles. The zero-order valence-electron chi connectivity index (χ0n) is 18.0. The molecular formula is C25H23N5O. The van der Waals surface area contributed by atoms with Gasteiger partial charge in [-0.2, -0.15) is 0 Å². The molecule has 1 N–H and O–H groups in total. The van der Waals surface area contributed by atoms with Crippen LogP contribution in [0.15, 0.2) is 61.2 Å². The summed E-state index contributed by atoms with van der Waals surface area (Å²) in [7, 11) is 0. The number of nitrogens with one attached hydrogen (secondary N) is 1. The molecule has 0 bridgehead atoms. The van der Waals surface area contributed by atoms with Gasteiger partial charge in [-0.15, -0.1) is 0 Å². The van der Waals surface area contributed by atoms with Crippen molar-refractivity contribution >= 4 is 17.3 Å². The summed E-state index contributed by atoms with van der Waals surface area (Å²) in [4.78, 5) is 31.7. The number of nitrogens with zero attached hydrogens (tertiary/aromatic N) is 4. The zero-order chi connectivity index (χ0) is 21.8. The van der Waals surface area contributed by atoms with Crippen molar-refractivity contribution in [2.45, 2.75) is 33.1 Å². The quantitative estimate of drug-likeness (QED) is 0.510. The molecule has 6 nitrogen and oxygen atoms in total. The third kappa shape index (κ3) is 3.03. The molecule has 4 heterocycles. The summed E-state index contributed by atoms with van der Waals surface area (Å²) >= 11 is 0. The Balaban J connectivity index is 1.60. The Kier molecular flexibility index (Phi) is 4.25. The highest BCUT2D eigenvalue weighted by atomic mass is 16.2. The molecule has 5 rings (SSSR count). The van der Waals surface area contributed by atoms with Crippen LogP contribution in [0.25, 0.3) is 22.6 Å². The Hall–Kier alpha value is -3.80. The van der Waals surface area contributed by atoms with E-state index in [4.69, 9.17) is 4.98 Å². The summed E-state index contributed by atoms with van der Waals surface area (Å²) in [6, 6.07) is 11.9. The predicted octanol–water partition coefficient (Wildman–Crippen LogP) is 5.11. The van der Waals surface area contributed by atoms with E-state index < -0.39 is 5.41 Å². The molecule has 4 aromatic rings. The zero-order valence-corrected chi connectivity index (χ0v) is 18.0. The normalized spacial score (nSPS) is 14.7. The Labute approximate surface area is 181 Å². The average molecular weight is 409 g/mol. The van der Waals surface area contributed by atoms with Crippen molar-refractivity contribution in [3.05, 3.63) is 78.0 Å². The van der Waals surface area contributed by atoms with Gasteiger partial charge in [-0.3, -0.25) is 19.7 Å². The molecule has 154 valence electrons. The number of hydrogen-bond donors (Lipinski definition) is 1. The molecule has 0 fully saturated rings. The number of aromatic nitrogens is 4. The summed E-state index contributed by atoms with van der Waals surface area (Å²) in [6.07, 6.45) is 7.25. The van der Waals surface area contributed by atoms with E-state index in [-0.39, 0.29) is 5.91 Å². The van der Waals surface area contributed by atoms with Crippen LogP contribution in [0.1, 0.15) is 30.7 Å². The third-order valence-corrected chi connectivity index (χ3v) is 5.95. The second-order valence-electron chi connectivity index (χ2n) is 8.48. The topological polar surface area (TPSA) is 74.8 Å². The minimum absolute atomic E-state index is 0.0421. The molecule has 3 aromatic heterocycles. The molecule has 1 aliphatic rings. The molecule has 1 aliphatic heterocycles. The van der Waals surface area contributed by atoms with E-state index in [9.17, 15) is 4.79 Å². The van der Waals surface area contributed by atoms with Crippen LogP contribution in [-0.2, 0) is 10.2 Å². The van der Waals surface area contributed by atoms with Crippen LogP contribution in [0.5, 0.6) is 0 Å². The van der Waals surface area contributed by atoms with E-state index in [2.05, 4.69) is 15.0 Å². The molecule has 31 heavy (non-hydrogen) atoms. The van der Waals surface area contributed by atoms with Gasteiger partial charge in [0, 0.05) is 35.4 Å². The van der Waals surface area contributed by atoms with Crippen molar-refractivity contribution in [2.75, 3.05) is 4.90 Å². The summed E-state index contributed by atoms with van der Waals surface area (Å²) in [5.74, 6) is 0.840. The van der Waals surface area contributed by atoms with Crippen molar-refractivity contribution in [1.29, 1.82) is 0 Å². The van der Waals surface area contributed by atoms with Crippen molar-refractivity contribution < 1.29 is 4.79 Å². The van der Waals surface area contributed by atoms with E-state index in [1.165, 1.54) is 0 Å². The maximum absolute atomic E-state index is 13.3. The highest BCUT2D eigenvalue weighted by molar-refractivity contribution is 6.12. The first-order valence-electron chi connectivity index (χ1n) is 10.2. The Morgan fingerprint density at radius 2 is 1.87 bits per heavy atom. The molecule has 0 spiro atoms. The first-order valence-corrected chi connectivity index (χ1v) is 10.2. The Bertz CT molecular complexity index is 1300. The number of fused-ring (bicyclic) bond motifs is 1. The van der Waals surface area contributed by atoms with E-state index in [0.717, 1.165) is 50.8 Å². The predicted molar refractivity (Wildman–Crippen MR) is 121 cm³/mol. The monoisotopic (exact) mass is 409 g/mol. The lowest BCUT2D eigenvalue weighted by Crippen LogP contribution is -2.33. The van der Waals surface area contributed by atoms with Gasteiger partial charge in [-0.1, -0.05) is 12.1 Å². The number of aromatic amines is 1. The SMILES string of the molecule is Cc1ccc(N2C(=O)C(C)(C)c3ccc(-c4c[nH]c(-c5ccncc5C)n4)cc32)cn1. The molecule has 0 aliphatic carbocycles. The fourth-order valence-corrected chi connectivity index (χ4v) is 4.10. The van der Waals surface area contributed by atoms with Crippen LogP contribution in [0.4, 0.5) is 11.4 Å². The number of anilines is 2. The summed E-state index contributed by atoms with van der Waals surface area (Å²) in [6.45, 7) is 7.88. The molecule has 6 heteroatoms. The highest BCUT2D eigenvalue weighted by Gasteiger charge is 2.44. The molecular weight excluding hydrogens is 386 g/mol. The van der Waals surface area contributed by atoms with E-state index in [0.29, 0.717) is 0 Å². The van der Waals surface area contributed by atoms with E-state index in [1.807, 2.05) is 76.5 Å². The van der Waals surface area contributed by atoms with Gasteiger partial charge in [0.2, 0.25) is 5.91 Å². The van der Waals surface area contributed by atoms with Gasteiger partial charge in [-0.05, 0) is 63.1 Å². The second-order valence-corrected chi connectivity index (χ2v) is 8.48. The van der Waals surface area contributed by atoms with Crippen molar-refractivity contribution in [3.8, 4) is 22.6 Å². The number of hydrogen-bond acceptors (Lipinski definition) is 4. The summed E-state index contributed by atoms with van der Waals surface area (Å²) in [5, 5.41) is 0. The Morgan fingerprint density at radius 3 is 2.61 bits per heavy atom. The van der Waals surface area contributed by atoms with Crippen LogP contribution < -0.4 is 4.90 Å². The molecule has 0 saturated heterocycles. The average Bonchev–Trinajstić information content (AvgIpc) is 3.32. The number of H-pyrrole nitrogens is 1. The second kappa shape index (κ2) is 6.87. The number of amides is 1. The summed E-state index contributed by atoms with van der Waals surface area (Å²) < 4.78 is 0. The van der Waals surface area contributed by atoms with Crippen LogP contribution in [0, 0.1) is 13.8 Å². The number of benzene rings is 1. The number of carbonyl (C=O) groups is 1. The Morgan fingerprint density at radius 1 is 1.03 bits per heavy atom. The van der Waals surface area contributed by atoms with Crippen LogP contribution in [0.2, 0.25) is 0 Å². The van der Waals surface area contributed by atoms with E-state index >= 15 is 0 Å². The lowest BCUT2D eigenvalue weighted by molar-refractivity contribution is -0.121. The maximum atomic E-state index is 13.3. The van der Waals surface area contributed by atoms with Gasteiger partial charge in [0.05, 0.1) is 28.7 Å².